The maximum Gasteiger partial charge on any atom is 0.407 e. The Morgan fingerprint density at radius 3 is 2.10 bits per heavy atom. The average Bonchev–Trinajstić information content (AvgIpc) is 2.69. The van der Waals surface area contributed by atoms with Crippen molar-refractivity contribution in [3.05, 3.63) is 71.8 Å². The molecule has 1 N–H and O–H groups in total. The van der Waals surface area contributed by atoms with E-state index in [1.165, 1.54) is 5.56 Å². The second-order valence-corrected chi connectivity index (χ2v) is 8.42. The predicted octanol–water partition coefficient (Wildman–Crippen LogP) is 5.43. The van der Waals surface area contributed by atoms with E-state index < -0.39 is 11.7 Å². The molecule has 0 saturated carbocycles. The van der Waals surface area contributed by atoms with Gasteiger partial charge in [0.2, 0.25) is 0 Å². The lowest BCUT2D eigenvalue weighted by Gasteiger charge is -2.23. The molecule has 0 aliphatic carbocycles. The van der Waals surface area contributed by atoms with Crippen LogP contribution >= 0.6 is 0 Å². The SMILES string of the molecule is CC(C)(C)OC(=O)N[C@H](CCCCc1ccccc1)CC(=O)OCc1ccccc1. The second-order valence-electron chi connectivity index (χ2n) is 8.42. The highest BCUT2D eigenvalue weighted by molar-refractivity contribution is 5.73. The number of amides is 1. The molecule has 5 nitrogen and oxygen atoms in total. The van der Waals surface area contributed by atoms with Gasteiger partial charge in [0.05, 0.1) is 6.42 Å². The number of nitrogens with one attached hydrogen (secondary N) is 1. The van der Waals surface area contributed by atoms with Crippen molar-refractivity contribution in [2.75, 3.05) is 0 Å². The fraction of sp³-hybridized carbons (Fsp3) is 0.440. The zero-order valence-electron chi connectivity index (χ0n) is 18.2. The summed E-state index contributed by atoms with van der Waals surface area (Å²) >= 11 is 0. The maximum absolute atomic E-state index is 12.3. The van der Waals surface area contributed by atoms with Gasteiger partial charge in [0.25, 0.3) is 0 Å². The number of unbranched alkanes of at least 4 members (excludes halogenated alkanes) is 1. The van der Waals surface area contributed by atoms with Crippen molar-refractivity contribution < 1.29 is 19.1 Å². The average molecular weight is 412 g/mol. The molecule has 0 aliphatic rings. The summed E-state index contributed by atoms with van der Waals surface area (Å²) in [5.74, 6) is -0.331. The minimum atomic E-state index is -0.588. The molecule has 2 aromatic rings. The van der Waals surface area contributed by atoms with Gasteiger partial charge in [0, 0.05) is 6.04 Å². The summed E-state index contributed by atoms with van der Waals surface area (Å²) in [6.45, 7) is 5.67. The van der Waals surface area contributed by atoms with Crippen LogP contribution in [0.4, 0.5) is 4.79 Å². The van der Waals surface area contributed by atoms with E-state index in [2.05, 4.69) is 17.4 Å². The number of carbonyl (C=O) groups is 2. The first kappa shape index (κ1) is 23.5. The molecular formula is C25H33NO4. The monoisotopic (exact) mass is 411 g/mol. The highest BCUT2D eigenvalue weighted by Gasteiger charge is 2.21. The Morgan fingerprint density at radius 1 is 0.900 bits per heavy atom. The van der Waals surface area contributed by atoms with Crippen LogP contribution in [0, 0.1) is 0 Å². The molecule has 0 radical (unpaired) electrons. The van der Waals surface area contributed by atoms with E-state index in [-0.39, 0.29) is 25.0 Å². The van der Waals surface area contributed by atoms with Gasteiger partial charge in [-0.1, -0.05) is 67.1 Å². The van der Waals surface area contributed by atoms with Gasteiger partial charge in [0.15, 0.2) is 0 Å². The van der Waals surface area contributed by atoms with Crippen LogP contribution in [0.25, 0.3) is 0 Å². The van der Waals surface area contributed by atoms with E-state index in [0.29, 0.717) is 6.42 Å². The van der Waals surface area contributed by atoms with Crippen molar-refractivity contribution in [2.24, 2.45) is 0 Å². The normalized spacial score (nSPS) is 12.1. The van der Waals surface area contributed by atoms with Gasteiger partial charge < -0.3 is 14.8 Å². The van der Waals surface area contributed by atoms with Gasteiger partial charge in [0.1, 0.15) is 12.2 Å². The van der Waals surface area contributed by atoms with E-state index in [1.807, 2.05) is 69.3 Å². The molecule has 1 atom stereocenters. The van der Waals surface area contributed by atoms with Crippen LogP contribution in [-0.4, -0.2) is 23.7 Å². The van der Waals surface area contributed by atoms with Crippen LogP contribution < -0.4 is 5.32 Å². The molecule has 0 saturated heterocycles. The summed E-state index contributed by atoms with van der Waals surface area (Å²) < 4.78 is 10.7. The van der Waals surface area contributed by atoms with Crippen LogP contribution in [0.3, 0.4) is 0 Å². The molecule has 162 valence electrons. The van der Waals surface area contributed by atoms with Gasteiger partial charge in [-0.05, 0) is 51.2 Å². The molecule has 0 heterocycles. The summed E-state index contributed by atoms with van der Waals surface area (Å²) in [6.07, 6.45) is 3.14. The topological polar surface area (TPSA) is 64.6 Å². The Labute approximate surface area is 179 Å². The quantitative estimate of drug-likeness (QED) is 0.418. The Hall–Kier alpha value is -2.82. The Kier molecular flexibility index (Phi) is 9.39. The van der Waals surface area contributed by atoms with Crippen molar-refractivity contribution in [3.63, 3.8) is 0 Å². The van der Waals surface area contributed by atoms with Crippen LogP contribution in [0.2, 0.25) is 0 Å². The third-order valence-electron chi connectivity index (χ3n) is 4.49. The number of rotatable bonds is 10. The molecule has 2 rings (SSSR count). The molecule has 2 aromatic carbocycles. The Morgan fingerprint density at radius 2 is 1.50 bits per heavy atom. The zero-order valence-corrected chi connectivity index (χ0v) is 18.2. The summed E-state index contributed by atoms with van der Waals surface area (Å²) in [4.78, 5) is 24.5. The Bertz CT molecular complexity index is 769. The number of hydrogen-bond donors (Lipinski definition) is 1. The van der Waals surface area contributed by atoms with Crippen molar-refractivity contribution in [1.29, 1.82) is 0 Å². The van der Waals surface area contributed by atoms with E-state index in [4.69, 9.17) is 9.47 Å². The smallest absolute Gasteiger partial charge is 0.407 e. The first-order valence-corrected chi connectivity index (χ1v) is 10.5. The lowest BCUT2D eigenvalue weighted by Crippen LogP contribution is -2.40. The second kappa shape index (κ2) is 12.0. The van der Waals surface area contributed by atoms with E-state index in [9.17, 15) is 9.59 Å². The third-order valence-corrected chi connectivity index (χ3v) is 4.49. The fourth-order valence-corrected chi connectivity index (χ4v) is 3.06. The third kappa shape index (κ3) is 10.1. The first-order chi connectivity index (χ1) is 14.3. The molecule has 0 aliphatic heterocycles. The molecule has 0 aromatic heterocycles. The van der Waals surface area contributed by atoms with Crippen LogP contribution in [-0.2, 0) is 27.3 Å². The summed E-state index contributed by atoms with van der Waals surface area (Å²) in [5, 5.41) is 2.84. The van der Waals surface area contributed by atoms with Crippen LogP contribution in [0.1, 0.15) is 57.6 Å². The molecule has 0 bridgehead atoms. The van der Waals surface area contributed by atoms with Crippen molar-refractivity contribution in [2.45, 2.75) is 71.1 Å². The molecule has 0 unspecified atom stereocenters. The summed E-state index contributed by atoms with van der Waals surface area (Å²) in [5.41, 5.74) is 1.64. The molecular weight excluding hydrogens is 378 g/mol. The van der Waals surface area contributed by atoms with Gasteiger partial charge in [-0.2, -0.15) is 0 Å². The Balaban J connectivity index is 1.83. The first-order valence-electron chi connectivity index (χ1n) is 10.5. The van der Waals surface area contributed by atoms with Crippen LogP contribution in [0.15, 0.2) is 60.7 Å². The fourth-order valence-electron chi connectivity index (χ4n) is 3.06. The lowest BCUT2D eigenvalue weighted by molar-refractivity contribution is -0.145. The molecule has 0 spiro atoms. The number of carbonyl (C=O) groups excluding carboxylic acids is 2. The lowest BCUT2D eigenvalue weighted by atomic mass is 10.0. The molecule has 5 heteroatoms. The largest absolute Gasteiger partial charge is 0.461 e. The minimum absolute atomic E-state index is 0.122. The standard InChI is InChI=1S/C25H33NO4/c1-25(2,3)30-24(28)26-22(17-11-10-14-20-12-6-4-7-13-20)18-23(27)29-19-21-15-8-5-9-16-21/h4-9,12-13,15-16,22H,10-11,14,17-19H2,1-3H3,(H,26,28)/t22-/m1/s1. The predicted molar refractivity (Wildman–Crippen MR) is 118 cm³/mol. The maximum atomic E-state index is 12.3. The highest BCUT2D eigenvalue weighted by atomic mass is 16.6. The number of aryl methyl sites for hydroxylation is 1. The van der Waals surface area contributed by atoms with Gasteiger partial charge in [-0.15, -0.1) is 0 Å². The number of ether oxygens (including phenoxy) is 2. The van der Waals surface area contributed by atoms with E-state index in [1.54, 1.807) is 0 Å². The number of hydrogen-bond acceptors (Lipinski definition) is 4. The summed E-state index contributed by atoms with van der Waals surface area (Å²) in [6, 6.07) is 19.5. The van der Waals surface area contributed by atoms with Crippen molar-refractivity contribution >= 4 is 12.1 Å². The number of esters is 1. The number of alkyl carbamates (subject to hydrolysis) is 1. The van der Waals surface area contributed by atoms with Gasteiger partial charge in [-0.3, -0.25) is 4.79 Å². The van der Waals surface area contributed by atoms with E-state index in [0.717, 1.165) is 24.8 Å². The zero-order chi connectivity index (χ0) is 21.8. The molecule has 30 heavy (non-hydrogen) atoms. The number of benzene rings is 2. The summed E-state index contributed by atoms with van der Waals surface area (Å²) in [7, 11) is 0. The van der Waals surface area contributed by atoms with Crippen molar-refractivity contribution in [3.8, 4) is 0 Å². The van der Waals surface area contributed by atoms with Gasteiger partial charge in [-0.25, -0.2) is 4.79 Å². The minimum Gasteiger partial charge on any atom is -0.461 e. The molecule has 0 fully saturated rings. The van der Waals surface area contributed by atoms with Crippen molar-refractivity contribution in [1.82, 2.24) is 5.32 Å². The molecule has 1 amide bonds. The van der Waals surface area contributed by atoms with E-state index >= 15 is 0 Å². The van der Waals surface area contributed by atoms with Gasteiger partial charge >= 0.3 is 12.1 Å². The highest BCUT2D eigenvalue weighted by Crippen LogP contribution is 2.13. The van der Waals surface area contributed by atoms with Crippen LogP contribution in [0.5, 0.6) is 0 Å².